The first-order valence-electron chi connectivity index (χ1n) is 8.03. The molecule has 3 aromatic rings. The monoisotopic (exact) mass is 370 g/mol. The van der Waals surface area contributed by atoms with Crippen LogP contribution in [0.2, 0.25) is 0 Å². The van der Waals surface area contributed by atoms with Gasteiger partial charge in [-0.15, -0.1) is 0 Å². The van der Waals surface area contributed by atoms with Crippen molar-refractivity contribution >= 4 is 22.8 Å². The number of para-hydroxylation sites is 1. The lowest BCUT2D eigenvalue weighted by molar-refractivity contribution is -0.121. The molecule has 0 saturated heterocycles. The van der Waals surface area contributed by atoms with Gasteiger partial charge in [0.2, 0.25) is 0 Å². The Bertz CT molecular complexity index is 1180. The third kappa shape index (κ3) is 3.24. The van der Waals surface area contributed by atoms with Crippen LogP contribution >= 0.6 is 0 Å². The summed E-state index contributed by atoms with van der Waals surface area (Å²) in [7, 11) is 2.86. The summed E-state index contributed by atoms with van der Waals surface area (Å²) < 4.78 is 3.56. The Labute approximate surface area is 153 Å². The number of nitrogens with one attached hydrogen (secondary N) is 1. The number of benzene rings is 1. The van der Waals surface area contributed by atoms with Gasteiger partial charge in [-0.1, -0.05) is 12.1 Å². The average molecular weight is 370 g/mol. The molecule has 0 fully saturated rings. The van der Waals surface area contributed by atoms with E-state index in [-0.39, 0.29) is 23.5 Å². The summed E-state index contributed by atoms with van der Waals surface area (Å²) in [5.41, 5.74) is 2.62. The standard InChI is InChI=1S/C17H18N6O4/c1-10(11-6-4-5-7-12(11)24)19-20-13(25)8-23-9-18-15-14(23)16(26)22(3)17(27)21(15)2/h4-7,9,24H,8H2,1-3H3,(H,20,25). The zero-order valence-electron chi connectivity index (χ0n) is 15.0. The second-order valence-corrected chi connectivity index (χ2v) is 6.00. The van der Waals surface area contributed by atoms with Crippen molar-refractivity contribution in [2.24, 2.45) is 19.2 Å². The molecule has 3 rings (SSSR count). The van der Waals surface area contributed by atoms with E-state index in [4.69, 9.17) is 0 Å². The van der Waals surface area contributed by atoms with E-state index in [0.29, 0.717) is 11.3 Å². The fourth-order valence-corrected chi connectivity index (χ4v) is 2.69. The number of nitrogens with zero attached hydrogens (tertiary/aromatic N) is 5. The third-order valence-electron chi connectivity index (χ3n) is 4.17. The number of aromatic hydroxyl groups is 1. The molecule has 0 atom stereocenters. The van der Waals surface area contributed by atoms with Crippen molar-refractivity contribution in [1.29, 1.82) is 0 Å². The molecule has 0 radical (unpaired) electrons. The molecular weight excluding hydrogens is 352 g/mol. The summed E-state index contributed by atoms with van der Waals surface area (Å²) >= 11 is 0. The maximum absolute atomic E-state index is 12.4. The Balaban J connectivity index is 1.85. The predicted molar refractivity (Wildman–Crippen MR) is 98.7 cm³/mol. The highest BCUT2D eigenvalue weighted by molar-refractivity contribution is 6.01. The first-order chi connectivity index (χ1) is 12.8. The van der Waals surface area contributed by atoms with Gasteiger partial charge in [-0.05, 0) is 19.1 Å². The summed E-state index contributed by atoms with van der Waals surface area (Å²) in [6, 6.07) is 6.62. The zero-order chi connectivity index (χ0) is 19.7. The second-order valence-electron chi connectivity index (χ2n) is 6.00. The van der Waals surface area contributed by atoms with Gasteiger partial charge in [0, 0.05) is 19.7 Å². The van der Waals surface area contributed by atoms with Crippen molar-refractivity contribution in [1.82, 2.24) is 24.1 Å². The van der Waals surface area contributed by atoms with Crippen LogP contribution in [-0.2, 0) is 25.4 Å². The number of phenolic OH excluding ortho intramolecular Hbond substituents is 1. The SMILES string of the molecule is CC(=NNC(=O)Cn1cnc2c1c(=O)n(C)c(=O)n2C)c1ccccc1O. The third-order valence-corrected chi connectivity index (χ3v) is 4.17. The van der Waals surface area contributed by atoms with Gasteiger partial charge in [-0.25, -0.2) is 15.2 Å². The molecule has 0 unspecified atom stereocenters. The van der Waals surface area contributed by atoms with Crippen molar-refractivity contribution < 1.29 is 9.90 Å². The maximum atomic E-state index is 12.4. The predicted octanol–water partition coefficient (Wildman–Crippen LogP) is -0.320. The van der Waals surface area contributed by atoms with E-state index < -0.39 is 17.2 Å². The van der Waals surface area contributed by atoms with E-state index >= 15 is 0 Å². The summed E-state index contributed by atoms with van der Waals surface area (Å²) in [6.07, 6.45) is 1.32. The fraction of sp³-hybridized carbons (Fsp3) is 0.235. The van der Waals surface area contributed by atoms with Crippen LogP contribution in [0, 0.1) is 0 Å². The Hall–Kier alpha value is -3.69. The van der Waals surface area contributed by atoms with E-state index in [1.165, 1.54) is 35.6 Å². The van der Waals surface area contributed by atoms with Crippen LogP contribution in [0.15, 0.2) is 45.3 Å². The van der Waals surface area contributed by atoms with Crippen LogP contribution in [0.25, 0.3) is 11.2 Å². The number of hydrogen-bond donors (Lipinski definition) is 2. The first kappa shape index (κ1) is 18.1. The minimum Gasteiger partial charge on any atom is -0.507 e. The molecule has 0 aliphatic rings. The molecule has 10 heteroatoms. The number of aryl methyl sites for hydroxylation is 1. The van der Waals surface area contributed by atoms with Crippen molar-refractivity contribution in [2.75, 3.05) is 0 Å². The maximum Gasteiger partial charge on any atom is 0.332 e. The molecular formula is C17H18N6O4. The summed E-state index contributed by atoms with van der Waals surface area (Å²) in [4.78, 5) is 40.6. The number of rotatable bonds is 4. The van der Waals surface area contributed by atoms with Crippen molar-refractivity contribution in [3.63, 3.8) is 0 Å². The normalized spacial score (nSPS) is 11.7. The number of phenols is 1. The molecule has 27 heavy (non-hydrogen) atoms. The highest BCUT2D eigenvalue weighted by Crippen LogP contribution is 2.16. The molecule has 10 nitrogen and oxygen atoms in total. The highest BCUT2D eigenvalue weighted by Gasteiger charge is 2.16. The molecule has 1 amide bonds. The Morgan fingerprint density at radius 3 is 2.63 bits per heavy atom. The van der Waals surface area contributed by atoms with E-state index in [9.17, 15) is 19.5 Å². The van der Waals surface area contributed by atoms with E-state index in [0.717, 1.165) is 4.57 Å². The molecule has 1 aromatic carbocycles. The average Bonchev–Trinajstić information content (AvgIpc) is 3.06. The largest absolute Gasteiger partial charge is 0.507 e. The molecule has 2 aromatic heterocycles. The van der Waals surface area contributed by atoms with Crippen LogP contribution in [-0.4, -0.2) is 35.4 Å². The summed E-state index contributed by atoms with van der Waals surface area (Å²) in [5, 5.41) is 13.8. The number of fused-ring (bicyclic) bond motifs is 1. The van der Waals surface area contributed by atoms with Crippen LogP contribution in [0.1, 0.15) is 12.5 Å². The highest BCUT2D eigenvalue weighted by atomic mass is 16.3. The van der Waals surface area contributed by atoms with Crippen LogP contribution in [0.5, 0.6) is 5.75 Å². The smallest absolute Gasteiger partial charge is 0.332 e. The van der Waals surface area contributed by atoms with Gasteiger partial charge >= 0.3 is 5.69 Å². The zero-order valence-corrected chi connectivity index (χ0v) is 15.0. The number of hydrogen-bond acceptors (Lipinski definition) is 6. The molecule has 0 aliphatic heterocycles. The molecule has 2 N–H and O–H groups in total. The number of aromatic nitrogens is 4. The van der Waals surface area contributed by atoms with Crippen LogP contribution in [0.4, 0.5) is 0 Å². The van der Waals surface area contributed by atoms with Gasteiger partial charge in [0.1, 0.15) is 12.3 Å². The number of hydrazone groups is 1. The van der Waals surface area contributed by atoms with Crippen molar-refractivity contribution in [2.45, 2.75) is 13.5 Å². The Morgan fingerprint density at radius 1 is 1.22 bits per heavy atom. The Kier molecular flexibility index (Phi) is 4.63. The first-order valence-corrected chi connectivity index (χ1v) is 8.03. The lowest BCUT2D eigenvalue weighted by Gasteiger charge is -2.07. The second kappa shape index (κ2) is 6.90. The van der Waals surface area contributed by atoms with Crippen molar-refractivity contribution in [3.8, 4) is 5.75 Å². The van der Waals surface area contributed by atoms with Crippen molar-refractivity contribution in [3.05, 3.63) is 57.0 Å². The minimum absolute atomic E-state index is 0.0537. The molecule has 0 bridgehead atoms. The van der Waals surface area contributed by atoms with Gasteiger partial charge in [-0.2, -0.15) is 5.10 Å². The topological polar surface area (TPSA) is 124 Å². The molecule has 0 aliphatic carbocycles. The lowest BCUT2D eigenvalue weighted by atomic mass is 10.1. The summed E-state index contributed by atoms with van der Waals surface area (Å²) in [5.74, 6) is -0.432. The van der Waals surface area contributed by atoms with Gasteiger partial charge in [0.05, 0.1) is 12.0 Å². The molecule has 0 spiro atoms. The molecule has 0 saturated carbocycles. The molecule has 140 valence electrons. The van der Waals surface area contributed by atoms with Gasteiger partial charge in [0.25, 0.3) is 11.5 Å². The van der Waals surface area contributed by atoms with E-state index in [1.807, 2.05) is 0 Å². The van der Waals surface area contributed by atoms with Gasteiger partial charge < -0.3 is 9.67 Å². The van der Waals surface area contributed by atoms with Crippen LogP contribution in [0.3, 0.4) is 0 Å². The fourth-order valence-electron chi connectivity index (χ4n) is 2.69. The number of carbonyl (C=O) groups is 1. The minimum atomic E-state index is -0.535. The van der Waals surface area contributed by atoms with E-state index in [2.05, 4.69) is 15.5 Å². The number of amides is 1. The lowest BCUT2D eigenvalue weighted by Crippen LogP contribution is -2.38. The van der Waals surface area contributed by atoms with E-state index in [1.54, 1.807) is 25.1 Å². The molecule has 2 heterocycles. The Morgan fingerprint density at radius 2 is 1.93 bits per heavy atom. The number of carbonyl (C=O) groups excluding carboxylic acids is 1. The number of imidazole rings is 1. The van der Waals surface area contributed by atoms with Crippen LogP contribution < -0.4 is 16.7 Å². The summed E-state index contributed by atoms with van der Waals surface area (Å²) in [6.45, 7) is 1.44. The van der Waals surface area contributed by atoms with Gasteiger partial charge in [0.15, 0.2) is 11.2 Å². The quantitative estimate of drug-likeness (QED) is 0.481. The van der Waals surface area contributed by atoms with Gasteiger partial charge in [-0.3, -0.25) is 18.7 Å².